The van der Waals surface area contributed by atoms with Crippen molar-refractivity contribution in [2.24, 2.45) is 0 Å². The Morgan fingerprint density at radius 1 is 1.09 bits per heavy atom. The Morgan fingerprint density at radius 2 is 1.77 bits per heavy atom. The topological polar surface area (TPSA) is 95.9 Å². The van der Waals surface area contributed by atoms with Gasteiger partial charge in [-0.05, 0) is 24.3 Å². The molecule has 0 heterocycles. The quantitative estimate of drug-likeness (QED) is 0.737. The molecule has 0 aliphatic heterocycles. The van der Waals surface area contributed by atoms with Gasteiger partial charge in [0.2, 0.25) is 5.91 Å². The van der Waals surface area contributed by atoms with E-state index in [0.29, 0.717) is 0 Å². The van der Waals surface area contributed by atoms with Crippen LogP contribution in [0.1, 0.15) is 23.7 Å². The van der Waals surface area contributed by atoms with Crippen LogP contribution in [-0.4, -0.2) is 22.1 Å². The molecule has 2 aromatic rings. The van der Waals surface area contributed by atoms with Gasteiger partial charge in [-0.25, -0.2) is 4.79 Å². The van der Waals surface area contributed by atoms with Gasteiger partial charge in [0.05, 0.1) is 0 Å². The fourth-order valence-electron chi connectivity index (χ4n) is 1.81. The fourth-order valence-corrected chi connectivity index (χ4v) is 1.81. The number of carboxylic acids is 1. The van der Waals surface area contributed by atoms with Crippen molar-refractivity contribution in [2.75, 3.05) is 5.32 Å². The fraction of sp³-hybridized carbons (Fsp3) is 0.125. The third kappa shape index (κ3) is 3.35. The number of aromatic carboxylic acids is 1. The van der Waals surface area contributed by atoms with E-state index in [1.54, 1.807) is 19.1 Å². The smallest absolute Gasteiger partial charge is 0.339 e. The van der Waals surface area contributed by atoms with Crippen LogP contribution in [0.5, 0.6) is 17.2 Å². The zero-order valence-electron chi connectivity index (χ0n) is 11.9. The van der Waals surface area contributed by atoms with Crippen molar-refractivity contribution in [3.63, 3.8) is 0 Å². The number of rotatable bonds is 5. The van der Waals surface area contributed by atoms with Crippen molar-refractivity contribution in [2.45, 2.75) is 13.3 Å². The van der Waals surface area contributed by atoms with Crippen molar-refractivity contribution in [1.82, 2.24) is 0 Å². The molecule has 0 spiro atoms. The lowest BCUT2D eigenvalue weighted by molar-refractivity contribution is -0.115. The largest absolute Gasteiger partial charge is 0.506 e. The van der Waals surface area contributed by atoms with E-state index in [2.05, 4.69) is 5.32 Å². The highest BCUT2D eigenvalue weighted by Crippen LogP contribution is 2.37. The highest BCUT2D eigenvalue weighted by Gasteiger charge is 2.16. The molecule has 114 valence electrons. The van der Waals surface area contributed by atoms with Gasteiger partial charge in [0.15, 0.2) is 5.75 Å². The van der Waals surface area contributed by atoms with Gasteiger partial charge in [0, 0.05) is 6.42 Å². The SMILES string of the molecule is CCC(=O)Nc1c(O)cccc1Oc1ccccc1C(=O)O. The molecule has 0 saturated heterocycles. The Balaban J connectivity index is 2.40. The van der Waals surface area contributed by atoms with Gasteiger partial charge in [0.25, 0.3) is 0 Å². The van der Waals surface area contributed by atoms with Crippen LogP contribution in [0.25, 0.3) is 0 Å². The van der Waals surface area contributed by atoms with Gasteiger partial charge in [-0.1, -0.05) is 25.1 Å². The summed E-state index contributed by atoms with van der Waals surface area (Å²) in [5, 5.41) is 21.6. The van der Waals surface area contributed by atoms with Gasteiger partial charge >= 0.3 is 5.97 Å². The lowest BCUT2D eigenvalue weighted by Crippen LogP contribution is -2.10. The summed E-state index contributed by atoms with van der Waals surface area (Å²) < 4.78 is 5.57. The number of hydrogen-bond acceptors (Lipinski definition) is 4. The minimum atomic E-state index is -1.13. The lowest BCUT2D eigenvalue weighted by atomic mass is 10.2. The summed E-state index contributed by atoms with van der Waals surface area (Å²) in [5.41, 5.74) is 0.0909. The van der Waals surface area contributed by atoms with Crippen LogP contribution in [0.15, 0.2) is 42.5 Å². The maximum Gasteiger partial charge on any atom is 0.339 e. The first-order chi connectivity index (χ1) is 10.5. The van der Waals surface area contributed by atoms with Crippen LogP contribution in [0.2, 0.25) is 0 Å². The van der Waals surface area contributed by atoms with E-state index in [9.17, 15) is 14.7 Å². The van der Waals surface area contributed by atoms with Crippen molar-refractivity contribution >= 4 is 17.6 Å². The number of phenols is 1. The number of carboxylic acid groups (broad SMARTS) is 1. The first-order valence-electron chi connectivity index (χ1n) is 6.65. The summed E-state index contributed by atoms with van der Waals surface area (Å²) >= 11 is 0. The van der Waals surface area contributed by atoms with Crippen molar-refractivity contribution in [3.8, 4) is 17.2 Å². The monoisotopic (exact) mass is 301 g/mol. The Kier molecular flexibility index (Phi) is 4.63. The molecule has 1 amide bonds. The first-order valence-corrected chi connectivity index (χ1v) is 6.65. The van der Waals surface area contributed by atoms with Crippen LogP contribution >= 0.6 is 0 Å². The van der Waals surface area contributed by atoms with Crippen LogP contribution < -0.4 is 10.1 Å². The number of anilines is 1. The van der Waals surface area contributed by atoms with E-state index in [-0.39, 0.29) is 40.8 Å². The van der Waals surface area contributed by atoms with E-state index >= 15 is 0 Å². The van der Waals surface area contributed by atoms with Crippen molar-refractivity contribution in [3.05, 3.63) is 48.0 Å². The molecule has 0 saturated carbocycles. The first kappa shape index (κ1) is 15.4. The second-order valence-electron chi connectivity index (χ2n) is 4.46. The van der Waals surface area contributed by atoms with Crippen LogP contribution in [0.3, 0.4) is 0 Å². The minimum Gasteiger partial charge on any atom is -0.506 e. The van der Waals surface area contributed by atoms with Crippen LogP contribution in [-0.2, 0) is 4.79 Å². The average molecular weight is 301 g/mol. The van der Waals surface area contributed by atoms with Gasteiger partial charge in [-0.3, -0.25) is 4.79 Å². The van der Waals surface area contributed by atoms with E-state index < -0.39 is 5.97 Å². The molecule has 2 aromatic carbocycles. The maximum absolute atomic E-state index is 11.5. The summed E-state index contributed by atoms with van der Waals surface area (Å²) in [6.45, 7) is 1.68. The van der Waals surface area contributed by atoms with Crippen molar-refractivity contribution in [1.29, 1.82) is 0 Å². The number of nitrogens with one attached hydrogen (secondary N) is 1. The number of carbonyl (C=O) groups excluding carboxylic acids is 1. The molecule has 0 aliphatic carbocycles. The number of carbonyl (C=O) groups is 2. The lowest BCUT2D eigenvalue weighted by Gasteiger charge is -2.14. The van der Waals surface area contributed by atoms with E-state index in [1.165, 1.54) is 30.3 Å². The number of phenolic OH excluding ortho intramolecular Hbond substituents is 1. The molecule has 22 heavy (non-hydrogen) atoms. The van der Waals surface area contributed by atoms with E-state index in [0.717, 1.165) is 0 Å². The number of amides is 1. The third-order valence-corrected chi connectivity index (χ3v) is 2.93. The molecule has 0 aliphatic rings. The second-order valence-corrected chi connectivity index (χ2v) is 4.46. The zero-order valence-corrected chi connectivity index (χ0v) is 11.9. The van der Waals surface area contributed by atoms with Crippen LogP contribution in [0.4, 0.5) is 5.69 Å². The second kappa shape index (κ2) is 6.62. The molecule has 0 atom stereocenters. The van der Waals surface area contributed by atoms with E-state index in [4.69, 9.17) is 9.84 Å². The Morgan fingerprint density at radius 3 is 2.45 bits per heavy atom. The van der Waals surface area contributed by atoms with E-state index in [1.807, 2.05) is 0 Å². The summed E-state index contributed by atoms with van der Waals surface area (Å²) in [6.07, 6.45) is 0.236. The molecule has 0 bridgehead atoms. The number of ether oxygens (including phenoxy) is 1. The molecule has 2 rings (SSSR count). The number of benzene rings is 2. The van der Waals surface area contributed by atoms with Crippen LogP contribution in [0, 0.1) is 0 Å². The standard InChI is InChI=1S/C16H15NO5/c1-2-14(19)17-15-11(18)7-5-9-13(15)22-12-8-4-3-6-10(12)16(20)21/h3-9,18H,2H2,1H3,(H,17,19)(H,20,21). The predicted octanol–water partition coefficient (Wildman–Crippen LogP) is 3.23. The van der Waals surface area contributed by atoms with Crippen molar-refractivity contribution < 1.29 is 24.5 Å². The molecular weight excluding hydrogens is 286 g/mol. The third-order valence-electron chi connectivity index (χ3n) is 2.93. The summed E-state index contributed by atoms with van der Waals surface area (Å²) in [4.78, 5) is 22.7. The average Bonchev–Trinajstić information content (AvgIpc) is 2.50. The summed E-state index contributed by atoms with van der Waals surface area (Å²) in [7, 11) is 0. The summed E-state index contributed by atoms with van der Waals surface area (Å²) in [5.74, 6) is -1.30. The van der Waals surface area contributed by atoms with Gasteiger partial charge in [0.1, 0.15) is 22.7 Å². The maximum atomic E-state index is 11.5. The zero-order chi connectivity index (χ0) is 16.1. The normalized spacial score (nSPS) is 10.0. The molecule has 0 fully saturated rings. The Bertz CT molecular complexity index is 711. The highest BCUT2D eigenvalue weighted by molar-refractivity contribution is 5.94. The molecule has 0 radical (unpaired) electrons. The minimum absolute atomic E-state index is 0.0152. The molecule has 6 heteroatoms. The number of para-hydroxylation sites is 2. The summed E-state index contributed by atoms with van der Waals surface area (Å²) in [6, 6.07) is 10.6. The Labute approximate surface area is 127 Å². The Hall–Kier alpha value is -3.02. The molecule has 6 nitrogen and oxygen atoms in total. The number of hydrogen-bond donors (Lipinski definition) is 3. The van der Waals surface area contributed by atoms with Gasteiger partial charge < -0.3 is 20.3 Å². The predicted molar refractivity (Wildman–Crippen MR) is 80.5 cm³/mol. The molecular formula is C16H15NO5. The van der Waals surface area contributed by atoms with Gasteiger partial charge in [-0.15, -0.1) is 0 Å². The van der Waals surface area contributed by atoms with Gasteiger partial charge in [-0.2, -0.15) is 0 Å². The number of aromatic hydroxyl groups is 1. The molecule has 0 aromatic heterocycles. The molecule has 0 unspecified atom stereocenters. The molecule has 3 N–H and O–H groups in total. The highest BCUT2D eigenvalue weighted by atomic mass is 16.5.